The van der Waals surface area contributed by atoms with Gasteiger partial charge >= 0.3 is 25.7 Å². The molecule has 0 aliphatic carbocycles. The van der Waals surface area contributed by atoms with Crippen molar-refractivity contribution in [3.63, 3.8) is 0 Å². The van der Waals surface area contributed by atoms with Crippen LogP contribution in [0.25, 0.3) is 0 Å². The van der Waals surface area contributed by atoms with Gasteiger partial charge in [0.2, 0.25) is 0 Å². The van der Waals surface area contributed by atoms with Gasteiger partial charge in [0.15, 0.2) is 6.10 Å². The minimum atomic E-state index is -4.68. The summed E-state index contributed by atoms with van der Waals surface area (Å²) in [6.07, 6.45) is 17.5. The molecule has 3 unspecified atom stereocenters. The summed E-state index contributed by atoms with van der Waals surface area (Å²) in [5.41, 5.74) is 5.25. The van der Waals surface area contributed by atoms with Crippen molar-refractivity contribution in [2.75, 3.05) is 19.8 Å². The zero-order valence-corrected chi connectivity index (χ0v) is 25.6. The first-order valence-electron chi connectivity index (χ1n) is 15.1. The van der Waals surface area contributed by atoms with Gasteiger partial charge in [-0.2, -0.15) is 0 Å². The van der Waals surface area contributed by atoms with Crippen molar-refractivity contribution < 1.29 is 47.5 Å². The average molecular weight is 596 g/mol. The summed E-state index contributed by atoms with van der Waals surface area (Å²) in [6, 6.07) is -1.51. The SMILES string of the molecule is CCCCCCCCCCCCCCCCC(=O)OC(COC(=O)CCCC)COP(=O)(O)OCC(N)C(=O)O. The first-order valence-corrected chi connectivity index (χ1v) is 16.6. The Bertz CT molecular complexity index is 721. The van der Waals surface area contributed by atoms with E-state index in [0.717, 1.165) is 25.7 Å². The highest BCUT2D eigenvalue weighted by molar-refractivity contribution is 7.47. The number of hydrogen-bond donors (Lipinski definition) is 3. The van der Waals surface area contributed by atoms with Crippen LogP contribution in [-0.4, -0.2) is 59.9 Å². The molecule has 0 aliphatic rings. The predicted octanol–water partition coefficient (Wildman–Crippen LogP) is 6.05. The Morgan fingerprint density at radius 1 is 0.675 bits per heavy atom. The van der Waals surface area contributed by atoms with Crippen LogP contribution in [0.15, 0.2) is 0 Å². The lowest BCUT2D eigenvalue weighted by Crippen LogP contribution is -2.34. The fraction of sp³-hybridized carbons (Fsp3) is 0.893. The second-order valence-electron chi connectivity index (χ2n) is 10.2. The molecule has 0 fully saturated rings. The van der Waals surface area contributed by atoms with Crippen molar-refractivity contribution in [1.29, 1.82) is 0 Å². The monoisotopic (exact) mass is 595 g/mol. The lowest BCUT2D eigenvalue weighted by Gasteiger charge is -2.20. The zero-order valence-electron chi connectivity index (χ0n) is 24.7. The maximum Gasteiger partial charge on any atom is 0.472 e. The summed E-state index contributed by atoms with van der Waals surface area (Å²) in [5.74, 6) is -2.42. The van der Waals surface area contributed by atoms with Crippen LogP contribution in [0.1, 0.15) is 129 Å². The van der Waals surface area contributed by atoms with E-state index in [-0.39, 0.29) is 19.4 Å². The molecule has 40 heavy (non-hydrogen) atoms. The fourth-order valence-electron chi connectivity index (χ4n) is 3.86. The van der Waals surface area contributed by atoms with E-state index in [2.05, 4.69) is 11.4 Å². The third kappa shape index (κ3) is 24.3. The molecule has 0 saturated heterocycles. The number of aliphatic carboxylic acids is 1. The minimum absolute atomic E-state index is 0.166. The second-order valence-corrected chi connectivity index (χ2v) is 11.7. The molecule has 0 radical (unpaired) electrons. The number of esters is 2. The van der Waals surface area contributed by atoms with Gasteiger partial charge in [0.25, 0.3) is 0 Å². The molecule has 0 amide bonds. The Kier molecular flexibility index (Phi) is 24.3. The highest BCUT2D eigenvalue weighted by atomic mass is 31.2. The predicted molar refractivity (Wildman–Crippen MR) is 153 cm³/mol. The van der Waals surface area contributed by atoms with Crippen LogP contribution in [0, 0.1) is 0 Å². The van der Waals surface area contributed by atoms with Crippen molar-refractivity contribution in [3.8, 4) is 0 Å². The Balaban J connectivity index is 4.28. The number of carboxylic acids is 1. The highest BCUT2D eigenvalue weighted by Crippen LogP contribution is 2.43. The molecule has 0 saturated carbocycles. The fourth-order valence-corrected chi connectivity index (χ4v) is 4.64. The first kappa shape index (κ1) is 38.5. The molecule has 0 spiro atoms. The first-order chi connectivity index (χ1) is 19.1. The number of carbonyl (C=O) groups excluding carboxylic acids is 2. The maximum atomic E-state index is 12.3. The molecular formula is C28H54NO10P. The number of rotatable bonds is 28. The standard InChI is InChI=1S/C28H54NO10P/c1-3-5-7-8-9-10-11-12-13-14-15-16-17-18-20-27(31)39-24(21-36-26(30)19-6-4-2)22-37-40(34,35)38-23-25(29)28(32)33/h24-25H,3-23,29H2,1-2H3,(H,32,33)(H,34,35). The lowest BCUT2D eigenvalue weighted by molar-refractivity contribution is -0.161. The molecule has 0 aromatic rings. The normalized spacial score (nSPS) is 14.3. The molecule has 4 N–H and O–H groups in total. The number of carboxylic acid groups (broad SMARTS) is 1. The van der Waals surface area contributed by atoms with Crippen LogP contribution in [0.2, 0.25) is 0 Å². The summed E-state index contributed by atoms with van der Waals surface area (Å²) >= 11 is 0. The summed E-state index contributed by atoms with van der Waals surface area (Å²) in [7, 11) is -4.68. The summed E-state index contributed by atoms with van der Waals surface area (Å²) in [5, 5.41) is 8.76. The van der Waals surface area contributed by atoms with Crippen LogP contribution in [-0.2, 0) is 37.5 Å². The van der Waals surface area contributed by atoms with Gasteiger partial charge in [0.05, 0.1) is 13.2 Å². The summed E-state index contributed by atoms with van der Waals surface area (Å²) < 4.78 is 31.9. The van der Waals surface area contributed by atoms with E-state index in [9.17, 15) is 23.8 Å². The number of ether oxygens (including phenoxy) is 2. The molecule has 0 rings (SSSR count). The van der Waals surface area contributed by atoms with Crippen LogP contribution in [0.5, 0.6) is 0 Å². The third-order valence-electron chi connectivity index (χ3n) is 6.36. The van der Waals surface area contributed by atoms with Gasteiger partial charge in [-0.3, -0.25) is 23.4 Å². The minimum Gasteiger partial charge on any atom is -0.480 e. The van der Waals surface area contributed by atoms with Crippen LogP contribution in [0.4, 0.5) is 0 Å². The molecule has 3 atom stereocenters. The van der Waals surface area contributed by atoms with E-state index in [4.69, 9.17) is 24.8 Å². The van der Waals surface area contributed by atoms with Gasteiger partial charge < -0.3 is 25.2 Å². The smallest absolute Gasteiger partial charge is 0.472 e. The number of carbonyl (C=O) groups is 3. The molecule has 0 aliphatic heterocycles. The molecule has 0 bridgehead atoms. The van der Waals surface area contributed by atoms with Crippen molar-refractivity contribution >= 4 is 25.7 Å². The highest BCUT2D eigenvalue weighted by Gasteiger charge is 2.28. The number of phosphoric ester groups is 1. The van der Waals surface area contributed by atoms with Gasteiger partial charge in [-0.25, -0.2) is 4.57 Å². The third-order valence-corrected chi connectivity index (χ3v) is 7.31. The second kappa shape index (κ2) is 25.2. The van der Waals surface area contributed by atoms with Gasteiger partial charge in [-0.05, 0) is 12.8 Å². The van der Waals surface area contributed by atoms with Gasteiger partial charge in [0, 0.05) is 12.8 Å². The molecule has 12 heteroatoms. The Hall–Kier alpha value is -1.52. The van der Waals surface area contributed by atoms with Crippen molar-refractivity contribution in [3.05, 3.63) is 0 Å². The van der Waals surface area contributed by atoms with Gasteiger partial charge in [-0.1, -0.05) is 104 Å². The van der Waals surface area contributed by atoms with Crippen LogP contribution in [0.3, 0.4) is 0 Å². The Morgan fingerprint density at radius 2 is 1.12 bits per heavy atom. The average Bonchev–Trinajstić information content (AvgIpc) is 2.92. The van der Waals surface area contributed by atoms with E-state index in [1.807, 2.05) is 6.92 Å². The molecular weight excluding hydrogens is 541 g/mol. The Labute approximate surface area is 240 Å². The van der Waals surface area contributed by atoms with Gasteiger partial charge in [-0.15, -0.1) is 0 Å². The summed E-state index contributed by atoms with van der Waals surface area (Å²) in [6.45, 7) is 2.48. The number of unbranched alkanes of at least 4 members (excludes halogenated alkanes) is 14. The van der Waals surface area contributed by atoms with Crippen molar-refractivity contribution in [2.24, 2.45) is 5.73 Å². The quantitative estimate of drug-likeness (QED) is 0.0546. The number of phosphoric acid groups is 1. The van der Waals surface area contributed by atoms with E-state index in [1.165, 1.54) is 64.2 Å². The van der Waals surface area contributed by atoms with E-state index in [1.54, 1.807) is 0 Å². The molecule has 0 aromatic carbocycles. The number of hydrogen-bond acceptors (Lipinski definition) is 9. The van der Waals surface area contributed by atoms with Crippen LogP contribution < -0.4 is 5.73 Å². The molecule has 11 nitrogen and oxygen atoms in total. The topological polar surface area (TPSA) is 172 Å². The van der Waals surface area contributed by atoms with E-state index >= 15 is 0 Å². The molecule has 236 valence electrons. The van der Waals surface area contributed by atoms with Crippen molar-refractivity contribution in [1.82, 2.24) is 0 Å². The largest absolute Gasteiger partial charge is 0.480 e. The molecule has 0 aromatic heterocycles. The van der Waals surface area contributed by atoms with Crippen LogP contribution >= 0.6 is 7.82 Å². The van der Waals surface area contributed by atoms with Gasteiger partial charge in [0.1, 0.15) is 12.6 Å². The zero-order chi connectivity index (χ0) is 30.1. The van der Waals surface area contributed by atoms with E-state index < -0.39 is 51.1 Å². The number of nitrogens with two attached hydrogens (primary N) is 1. The summed E-state index contributed by atoms with van der Waals surface area (Å²) in [4.78, 5) is 44.7. The van der Waals surface area contributed by atoms with Crippen molar-refractivity contribution in [2.45, 2.75) is 142 Å². The molecule has 0 heterocycles. The lowest BCUT2D eigenvalue weighted by atomic mass is 10.0. The Morgan fingerprint density at radius 3 is 1.62 bits per heavy atom. The maximum absolute atomic E-state index is 12.3. The van der Waals surface area contributed by atoms with E-state index in [0.29, 0.717) is 12.8 Å².